The number of nitrogens with one attached hydrogen (secondary N) is 1. The SMILES string of the molecule is Brc1ccc(CNCCCn2cccn2)cc1. The number of hydrogen-bond acceptors (Lipinski definition) is 2. The highest BCUT2D eigenvalue weighted by atomic mass is 79.9. The summed E-state index contributed by atoms with van der Waals surface area (Å²) >= 11 is 3.43. The fourth-order valence-corrected chi connectivity index (χ4v) is 1.90. The van der Waals surface area contributed by atoms with E-state index in [9.17, 15) is 0 Å². The van der Waals surface area contributed by atoms with Crippen LogP contribution in [0, 0.1) is 0 Å². The summed E-state index contributed by atoms with van der Waals surface area (Å²) in [6.07, 6.45) is 4.90. The number of aryl methyl sites for hydroxylation is 1. The second-order valence-corrected chi connectivity index (χ2v) is 4.84. The van der Waals surface area contributed by atoms with Gasteiger partial charge in [0.2, 0.25) is 0 Å². The highest BCUT2D eigenvalue weighted by Gasteiger charge is 1.94. The number of benzene rings is 1. The third-order valence-corrected chi connectivity index (χ3v) is 3.07. The average molecular weight is 294 g/mol. The summed E-state index contributed by atoms with van der Waals surface area (Å²) in [5, 5.41) is 7.59. The molecule has 0 radical (unpaired) electrons. The molecule has 2 aromatic rings. The van der Waals surface area contributed by atoms with Crippen LogP contribution in [0.25, 0.3) is 0 Å². The van der Waals surface area contributed by atoms with Crippen molar-refractivity contribution in [3.63, 3.8) is 0 Å². The second kappa shape index (κ2) is 6.57. The Morgan fingerprint density at radius 2 is 2.06 bits per heavy atom. The minimum atomic E-state index is 0.923. The van der Waals surface area contributed by atoms with Gasteiger partial charge in [-0.15, -0.1) is 0 Å². The molecule has 1 heterocycles. The van der Waals surface area contributed by atoms with E-state index < -0.39 is 0 Å². The molecule has 1 N–H and O–H groups in total. The number of halogens is 1. The standard InChI is InChI=1S/C13H16BrN3/c14-13-5-3-12(4-6-13)11-15-7-1-9-17-10-2-8-16-17/h2-6,8,10,15H,1,7,9,11H2. The number of aromatic nitrogens is 2. The lowest BCUT2D eigenvalue weighted by Crippen LogP contribution is -2.16. The van der Waals surface area contributed by atoms with Gasteiger partial charge in [0.05, 0.1) is 0 Å². The summed E-state index contributed by atoms with van der Waals surface area (Å²) in [5.41, 5.74) is 1.31. The van der Waals surface area contributed by atoms with Gasteiger partial charge in [-0.25, -0.2) is 0 Å². The molecule has 1 aromatic carbocycles. The third kappa shape index (κ3) is 4.32. The van der Waals surface area contributed by atoms with Crippen LogP contribution in [0.1, 0.15) is 12.0 Å². The van der Waals surface area contributed by atoms with Gasteiger partial charge < -0.3 is 5.32 Å². The van der Waals surface area contributed by atoms with Crippen molar-refractivity contribution in [2.75, 3.05) is 6.54 Å². The molecule has 1 aromatic heterocycles. The zero-order valence-corrected chi connectivity index (χ0v) is 11.2. The van der Waals surface area contributed by atoms with Gasteiger partial charge in [0.1, 0.15) is 0 Å². The molecule has 0 aliphatic carbocycles. The van der Waals surface area contributed by atoms with Crippen molar-refractivity contribution in [1.29, 1.82) is 0 Å². The minimum absolute atomic E-state index is 0.923. The lowest BCUT2D eigenvalue weighted by Gasteiger charge is -2.05. The van der Waals surface area contributed by atoms with Crippen molar-refractivity contribution in [1.82, 2.24) is 15.1 Å². The molecule has 90 valence electrons. The lowest BCUT2D eigenvalue weighted by atomic mass is 10.2. The van der Waals surface area contributed by atoms with Crippen LogP contribution in [0.5, 0.6) is 0 Å². The van der Waals surface area contributed by atoms with E-state index in [0.717, 1.165) is 30.5 Å². The largest absolute Gasteiger partial charge is 0.313 e. The molecule has 0 saturated carbocycles. The number of rotatable bonds is 6. The first-order valence-corrected chi connectivity index (χ1v) is 6.56. The summed E-state index contributed by atoms with van der Waals surface area (Å²) in [6.45, 7) is 2.91. The molecule has 0 saturated heterocycles. The van der Waals surface area contributed by atoms with Crippen LogP contribution in [0.3, 0.4) is 0 Å². The monoisotopic (exact) mass is 293 g/mol. The minimum Gasteiger partial charge on any atom is -0.313 e. The van der Waals surface area contributed by atoms with E-state index in [1.165, 1.54) is 5.56 Å². The maximum Gasteiger partial charge on any atom is 0.0489 e. The lowest BCUT2D eigenvalue weighted by molar-refractivity contribution is 0.543. The smallest absolute Gasteiger partial charge is 0.0489 e. The van der Waals surface area contributed by atoms with Crippen molar-refractivity contribution < 1.29 is 0 Å². The predicted octanol–water partition coefficient (Wildman–Crippen LogP) is 2.83. The number of nitrogens with zero attached hydrogens (tertiary/aromatic N) is 2. The zero-order chi connectivity index (χ0) is 11.9. The van der Waals surface area contributed by atoms with Gasteiger partial charge in [0.15, 0.2) is 0 Å². The zero-order valence-electron chi connectivity index (χ0n) is 9.64. The molecule has 0 fully saturated rings. The van der Waals surface area contributed by atoms with E-state index in [-0.39, 0.29) is 0 Å². The molecule has 0 atom stereocenters. The average Bonchev–Trinajstić information content (AvgIpc) is 2.84. The van der Waals surface area contributed by atoms with Crippen molar-refractivity contribution in [2.45, 2.75) is 19.5 Å². The van der Waals surface area contributed by atoms with Crippen LogP contribution in [0.15, 0.2) is 47.2 Å². The Hall–Kier alpha value is -1.13. The summed E-state index contributed by atoms with van der Waals surface area (Å²) in [5.74, 6) is 0. The first-order valence-electron chi connectivity index (χ1n) is 5.77. The molecule has 0 amide bonds. The first kappa shape index (κ1) is 12.3. The van der Waals surface area contributed by atoms with Crippen LogP contribution in [0.2, 0.25) is 0 Å². The van der Waals surface area contributed by atoms with Gasteiger partial charge in [0.25, 0.3) is 0 Å². The molecule has 2 rings (SSSR count). The van der Waals surface area contributed by atoms with Crippen molar-refractivity contribution in [2.24, 2.45) is 0 Å². The Kier molecular flexibility index (Phi) is 4.76. The van der Waals surface area contributed by atoms with Crippen molar-refractivity contribution in [3.8, 4) is 0 Å². The van der Waals surface area contributed by atoms with E-state index in [1.54, 1.807) is 0 Å². The molecule has 0 spiro atoms. The van der Waals surface area contributed by atoms with E-state index in [4.69, 9.17) is 0 Å². The van der Waals surface area contributed by atoms with Crippen LogP contribution in [-0.2, 0) is 13.1 Å². The van der Waals surface area contributed by atoms with Crippen LogP contribution in [0.4, 0.5) is 0 Å². The molecule has 0 bridgehead atoms. The Morgan fingerprint density at radius 3 is 2.76 bits per heavy atom. The summed E-state index contributed by atoms with van der Waals surface area (Å²) < 4.78 is 3.08. The van der Waals surface area contributed by atoms with Crippen LogP contribution in [-0.4, -0.2) is 16.3 Å². The maximum absolute atomic E-state index is 4.17. The van der Waals surface area contributed by atoms with E-state index in [0.29, 0.717) is 0 Å². The Balaban J connectivity index is 1.61. The summed E-state index contributed by atoms with van der Waals surface area (Å²) in [6, 6.07) is 10.4. The van der Waals surface area contributed by atoms with Gasteiger partial charge in [-0.05, 0) is 36.7 Å². The summed E-state index contributed by atoms with van der Waals surface area (Å²) in [7, 11) is 0. The summed E-state index contributed by atoms with van der Waals surface area (Å²) in [4.78, 5) is 0. The van der Waals surface area contributed by atoms with E-state index in [2.05, 4.69) is 50.6 Å². The topological polar surface area (TPSA) is 29.9 Å². The van der Waals surface area contributed by atoms with E-state index >= 15 is 0 Å². The van der Waals surface area contributed by atoms with Gasteiger partial charge in [-0.3, -0.25) is 4.68 Å². The molecular weight excluding hydrogens is 278 g/mol. The third-order valence-electron chi connectivity index (χ3n) is 2.54. The maximum atomic E-state index is 4.17. The molecule has 0 aliphatic rings. The molecular formula is C13H16BrN3. The quantitative estimate of drug-likeness (QED) is 0.830. The van der Waals surface area contributed by atoms with Gasteiger partial charge >= 0.3 is 0 Å². The molecule has 17 heavy (non-hydrogen) atoms. The highest BCUT2D eigenvalue weighted by Crippen LogP contribution is 2.10. The van der Waals surface area contributed by atoms with Gasteiger partial charge in [0, 0.05) is 30.0 Å². The Labute approximate surface area is 110 Å². The van der Waals surface area contributed by atoms with Crippen LogP contribution < -0.4 is 5.32 Å². The fraction of sp³-hybridized carbons (Fsp3) is 0.308. The second-order valence-electron chi connectivity index (χ2n) is 3.93. The van der Waals surface area contributed by atoms with Crippen molar-refractivity contribution >= 4 is 15.9 Å². The van der Waals surface area contributed by atoms with Gasteiger partial charge in [-0.2, -0.15) is 5.10 Å². The molecule has 4 heteroatoms. The van der Waals surface area contributed by atoms with Gasteiger partial charge in [-0.1, -0.05) is 28.1 Å². The predicted molar refractivity (Wildman–Crippen MR) is 72.7 cm³/mol. The Morgan fingerprint density at radius 1 is 1.24 bits per heavy atom. The normalized spacial score (nSPS) is 10.6. The Bertz CT molecular complexity index is 422. The van der Waals surface area contributed by atoms with Crippen molar-refractivity contribution in [3.05, 3.63) is 52.8 Å². The van der Waals surface area contributed by atoms with Crippen LogP contribution >= 0.6 is 15.9 Å². The molecule has 0 unspecified atom stereocenters. The first-order chi connectivity index (χ1) is 8.34. The van der Waals surface area contributed by atoms with E-state index in [1.807, 2.05) is 23.1 Å². The molecule has 0 aliphatic heterocycles. The molecule has 3 nitrogen and oxygen atoms in total. The fourth-order valence-electron chi connectivity index (χ4n) is 1.63. The highest BCUT2D eigenvalue weighted by molar-refractivity contribution is 9.10. The number of hydrogen-bond donors (Lipinski definition) is 1.